The Bertz CT molecular complexity index is 892. The maximum Gasteiger partial charge on any atom is 0.416 e. The summed E-state index contributed by atoms with van der Waals surface area (Å²) in [5.41, 5.74) is 0.0127. The van der Waals surface area contributed by atoms with Crippen molar-refractivity contribution in [2.45, 2.75) is 24.1 Å². The summed E-state index contributed by atoms with van der Waals surface area (Å²) in [7, 11) is -4.00. The molecule has 0 fully saturated rings. The molecule has 0 bridgehead atoms. The highest BCUT2D eigenvalue weighted by molar-refractivity contribution is 7.86. The first-order chi connectivity index (χ1) is 12.1. The molecule has 1 unspecified atom stereocenters. The highest BCUT2D eigenvalue weighted by Gasteiger charge is 2.33. The first-order valence-electron chi connectivity index (χ1n) is 7.62. The molecule has 2 aromatic carbocycles. The van der Waals surface area contributed by atoms with Crippen LogP contribution in [0.4, 0.5) is 13.2 Å². The van der Waals surface area contributed by atoms with Gasteiger partial charge in [-0.2, -0.15) is 21.6 Å². The molecular formula is C17H15F3O5S. The molecule has 0 aliphatic carbocycles. The number of alkyl halides is 3. The Morgan fingerprint density at radius 1 is 1.12 bits per heavy atom. The van der Waals surface area contributed by atoms with Gasteiger partial charge in [0.05, 0.1) is 10.5 Å². The number of hydrogen-bond acceptors (Lipinski definition) is 5. The Hall–Kier alpha value is -2.26. The quantitative estimate of drug-likeness (QED) is 0.750. The monoisotopic (exact) mass is 388 g/mol. The van der Waals surface area contributed by atoms with Crippen molar-refractivity contribution in [3.8, 4) is 11.5 Å². The van der Waals surface area contributed by atoms with E-state index in [-0.39, 0.29) is 29.6 Å². The maximum absolute atomic E-state index is 12.8. The fraction of sp³-hybridized carbons (Fsp3) is 0.294. The number of benzene rings is 2. The van der Waals surface area contributed by atoms with Gasteiger partial charge in [-0.3, -0.25) is 4.18 Å². The second-order valence-corrected chi connectivity index (χ2v) is 7.38. The summed E-state index contributed by atoms with van der Waals surface area (Å²) in [5.74, 6) is 0.0584. The van der Waals surface area contributed by atoms with Crippen LogP contribution in [0.3, 0.4) is 0 Å². The molecule has 1 atom stereocenters. The highest BCUT2D eigenvalue weighted by Crippen LogP contribution is 2.38. The second kappa shape index (κ2) is 6.81. The van der Waals surface area contributed by atoms with Gasteiger partial charge in [-0.05, 0) is 37.3 Å². The van der Waals surface area contributed by atoms with Gasteiger partial charge in [-0.15, -0.1) is 0 Å². The summed E-state index contributed by atoms with van der Waals surface area (Å²) in [6, 6.07) is 8.95. The van der Waals surface area contributed by atoms with Crippen LogP contribution in [0.1, 0.15) is 11.1 Å². The number of hydrogen-bond donors (Lipinski definition) is 0. The molecule has 26 heavy (non-hydrogen) atoms. The zero-order valence-electron chi connectivity index (χ0n) is 13.6. The average molecular weight is 388 g/mol. The molecule has 9 heteroatoms. The summed E-state index contributed by atoms with van der Waals surface area (Å²) in [6.07, 6.45) is -5.37. The van der Waals surface area contributed by atoms with Crippen molar-refractivity contribution >= 4 is 10.1 Å². The SMILES string of the molecule is Cc1ccc(S(=O)(=O)OCC2COc3ccc(C(F)(F)F)cc3O2)cc1. The van der Waals surface area contributed by atoms with Crippen molar-refractivity contribution in [1.29, 1.82) is 0 Å². The lowest BCUT2D eigenvalue weighted by molar-refractivity contribution is -0.137. The standard InChI is InChI=1S/C17H15F3O5S/c1-11-2-5-14(6-3-11)26(21,22)24-10-13-9-23-15-7-4-12(17(18,19)20)8-16(15)25-13/h2-8,13H,9-10H2,1H3. The minimum Gasteiger partial charge on any atom is -0.486 e. The fourth-order valence-electron chi connectivity index (χ4n) is 2.31. The van der Waals surface area contributed by atoms with E-state index in [1.165, 1.54) is 12.1 Å². The van der Waals surface area contributed by atoms with Crippen LogP contribution in [0.15, 0.2) is 47.4 Å². The zero-order valence-corrected chi connectivity index (χ0v) is 14.4. The molecule has 0 spiro atoms. The van der Waals surface area contributed by atoms with E-state index in [1.54, 1.807) is 12.1 Å². The summed E-state index contributed by atoms with van der Waals surface area (Å²) in [5, 5.41) is 0. The molecule has 0 amide bonds. The van der Waals surface area contributed by atoms with Gasteiger partial charge < -0.3 is 9.47 Å². The third-order valence-electron chi connectivity index (χ3n) is 3.71. The Balaban J connectivity index is 1.68. The number of ether oxygens (including phenoxy) is 2. The van der Waals surface area contributed by atoms with Gasteiger partial charge in [0.15, 0.2) is 17.6 Å². The molecule has 0 saturated heterocycles. The van der Waals surface area contributed by atoms with Crippen LogP contribution < -0.4 is 9.47 Å². The minimum atomic E-state index is -4.52. The van der Waals surface area contributed by atoms with Crippen LogP contribution in [-0.4, -0.2) is 27.7 Å². The van der Waals surface area contributed by atoms with Crippen molar-refractivity contribution in [2.75, 3.05) is 13.2 Å². The average Bonchev–Trinajstić information content (AvgIpc) is 2.59. The maximum atomic E-state index is 12.8. The molecule has 140 valence electrons. The molecule has 2 aromatic rings. The summed E-state index contributed by atoms with van der Waals surface area (Å²) in [6.45, 7) is 1.39. The number of rotatable bonds is 4. The zero-order chi connectivity index (χ0) is 18.9. The van der Waals surface area contributed by atoms with E-state index in [0.29, 0.717) is 0 Å². The topological polar surface area (TPSA) is 61.8 Å². The van der Waals surface area contributed by atoms with Gasteiger partial charge in [0, 0.05) is 0 Å². The van der Waals surface area contributed by atoms with Gasteiger partial charge in [-0.1, -0.05) is 17.7 Å². The minimum absolute atomic E-state index is 0.0143. The lowest BCUT2D eigenvalue weighted by atomic mass is 10.2. The molecule has 1 aliphatic rings. The van der Waals surface area contributed by atoms with Crippen LogP contribution >= 0.6 is 0 Å². The van der Waals surface area contributed by atoms with Gasteiger partial charge in [0.2, 0.25) is 0 Å². The highest BCUT2D eigenvalue weighted by atomic mass is 32.2. The van der Waals surface area contributed by atoms with Crippen molar-refractivity contribution in [3.05, 3.63) is 53.6 Å². The summed E-state index contributed by atoms with van der Waals surface area (Å²) < 4.78 is 78.3. The van der Waals surface area contributed by atoms with Crippen molar-refractivity contribution in [1.82, 2.24) is 0 Å². The summed E-state index contributed by atoms with van der Waals surface area (Å²) in [4.78, 5) is -0.0143. The summed E-state index contributed by atoms with van der Waals surface area (Å²) >= 11 is 0. The molecule has 0 N–H and O–H groups in total. The third-order valence-corrected chi connectivity index (χ3v) is 5.00. The molecule has 1 heterocycles. The number of halogens is 3. The molecule has 5 nitrogen and oxygen atoms in total. The normalized spacial score (nSPS) is 17.2. The third kappa shape index (κ3) is 4.10. The first-order valence-corrected chi connectivity index (χ1v) is 9.03. The van der Waals surface area contributed by atoms with Crippen LogP contribution in [0, 0.1) is 6.92 Å². The van der Waals surface area contributed by atoms with Gasteiger partial charge in [-0.25, -0.2) is 0 Å². The van der Waals surface area contributed by atoms with E-state index in [1.807, 2.05) is 6.92 Å². The Kier molecular flexibility index (Phi) is 4.85. The number of aryl methyl sites for hydroxylation is 1. The molecule has 0 radical (unpaired) electrons. The van der Waals surface area contributed by atoms with E-state index in [9.17, 15) is 21.6 Å². The second-order valence-electron chi connectivity index (χ2n) is 5.76. The van der Waals surface area contributed by atoms with E-state index < -0.39 is 28.0 Å². The van der Waals surface area contributed by atoms with Crippen molar-refractivity contribution in [3.63, 3.8) is 0 Å². The van der Waals surface area contributed by atoms with Crippen LogP contribution in [0.2, 0.25) is 0 Å². The first kappa shape index (κ1) is 18.5. The van der Waals surface area contributed by atoms with E-state index in [0.717, 1.165) is 23.8 Å². The van der Waals surface area contributed by atoms with E-state index in [4.69, 9.17) is 13.7 Å². The predicted molar refractivity (Wildman–Crippen MR) is 85.7 cm³/mol. The molecule has 0 aromatic heterocycles. The van der Waals surface area contributed by atoms with Crippen LogP contribution in [0.25, 0.3) is 0 Å². The lowest BCUT2D eigenvalue weighted by Gasteiger charge is -2.26. The van der Waals surface area contributed by atoms with E-state index >= 15 is 0 Å². The smallest absolute Gasteiger partial charge is 0.416 e. The molecular weight excluding hydrogens is 373 g/mol. The Morgan fingerprint density at radius 2 is 1.81 bits per heavy atom. The van der Waals surface area contributed by atoms with Crippen LogP contribution in [-0.2, 0) is 20.5 Å². The largest absolute Gasteiger partial charge is 0.486 e. The van der Waals surface area contributed by atoms with Crippen molar-refractivity contribution in [2.24, 2.45) is 0 Å². The molecule has 0 saturated carbocycles. The molecule has 1 aliphatic heterocycles. The Labute approximate surface area is 148 Å². The lowest BCUT2D eigenvalue weighted by Crippen LogP contribution is -2.34. The van der Waals surface area contributed by atoms with Gasteiger partial charge in [0.25, 0.3) is 10.1 Å². The van der Waals surface area contributed by atoms with E-state index in [2.05, 4.69) is 0 Å². The van der Waals surface area contributed by atoms with Crippen LogP contribution in [0.5, 0.6) is 11.5 Å². The Morgan fingerprint density at radius 3 is 2.46 bits per heavy atom. The number of fused-ring (bicyclic) bond motifs is 1. The molecule has 3 rings (SSSR count). The van der Waals surface area contributed by atoms with Crippen molar-refractivity contribution < 1.29 is 35.2 Å². The predicted octanol–water partition coefficient (Wildman–Crippen LogP) is 3.56. The van der Waals surface area contributed by atoms with Gasteiger partial charge >= 0.3 is 6.18 Å². The fourth-order valence-corrected chi connectivity index (χ4v) is 3.25. The van der Waals surface area contributed by atoms with Gasteiger partial charge in [0.1, 0.15) is 13.2 Å².